The van der Waals surface area contributed by atoms with Gasteiger partial charge in [0.2, 0.25) is 17.7 Å². The van der Waals surface area contributed by atoms with E-state index in [1.807, 2.05) is 56.3 Å². The highest BCUT2D eigenvalue weighted by Crippen LogP contribution is 2.16. The Bertz CT molecular complexity index is 1010. The van der Waals surface area contributed by atoms with Gasteiger partial charge in [-0.3, -0.25) is 14.4 Å². The van der Waals surface area contributed by atoms with Crippen molar-refractivity contribution in [1.82, 2.24) is 21.3 Å². The number of carbonyl (C=O) groups is 3. The first-order chi connectivity index (χ1) is 19.6. The van der Waals surface area contributed by atoms with Gasteiger partial charge in [-0.1, -0.05) is 57.2 Å². The van der Waals surface area contributed by atoms with Crippen molar-refractivity contribution < 1.29 is 29.3 Å². The summed E-state index contributed by atoms with van der Waals surface area (Å²) < 4.78 is 5.71. The quantitative estimate of drug-likeness (QED) is 0.146. The van der Waals surface area contributed by atoms with Gasteiger partial charge in [-0.15, -0.1) is 0 Å². The van der Waals surface area contributed by atoms with E-state index in [0.29, 0.717) is 25.4 Å². The van der Waals surface area contributed by atoms with Gasteiger partial charge in [0.15, 0.2) is 0 Å². The average Bonchev–Trinajstić information content (AvgIpc) is 2.95. The Hall–Kier alpha value is -3.21. The lowest BCUT2D eigenvalue weighted by molar-refractivity contribution is -0.131. The molecule has 0 radical (unpaired) electrons. The van der Waals surface area contributed by atoms with Crippen LogP contribution in [0, 0.1) is 11.8 Å². The predicted molar refractivity (Wildman–Crippen MR) is 159 cm³/mol. The number of hydrogen-bond donors (Lipinski definition) is 6. The van der Waals surface area contributed by atoms with Crippen LogP contribution in [0.25, 0.3) is 0 Å². The van der Waals surface area contributed by atoms with Crippen molar-refractivity contribution in [2.75, 3.05) is 26.3 Å². The SMILES string of the molecule is CC1C=CC(OCCCC(=O)NC(C(=O)N[C@@H](C)C(O)CNC(Cc2ccccc2)C(=O)NCCO)C(C)C)=CC1. The molecular weight excluding hydrogens is 524 g/mol. The lowest BCUT2D eigenvalue weighted by Gasteiger charge is -2.27. The third-order valence-electron chi connectivity index (χ3n) is 6.89. The third kappa shape index (κ3) is 12.9. The van der Waals surface area contributed by atoms with Crippen molar-refractivity contribution in [3.8, 4) is 0 Å². The molecule has 41 heavy (non-hydrogen) atoms. The van der Waals surface area contributed by atoms with Crippen LogP contribution in [0.15, 0.2) is 54.3 Å². The van der Waals surface area contributed by atoms with Crippen LogP contribution in [0.2, 0.25) is 0 Å². The van der Waals surface area contributed by atoms with E-state index in [4.69, 9.17) is 9.84 Å². The maximum Gasteiger partial charge on any atom is 0.243 e. The second kappa shape index (κ2) is 18.3. The third-order valence-corrected chi connectivity index (χ3v) is 6.89. The molecule has 228 valence electrons. The molecule has 1 aromatic rings. The van der Waals surface area contributed by atoms with Crippen LogP contribution in [0.1, 0.15) is 52.5 Å². The summed E-state index contributed by atoms with van der Waals surface area (Å²) >= 11 is 0. The molecular formula is C31H48N4O6. The zero-order valence-electron chi connectivity index (χ0n) is 24.8. The molecule has 5 atom stereocenters. The number of amides is 3. The Balaban J connectivity index is 1.82. The molecule has 0 saturated carbocycles. The van der Waals surface area contributed by atoms with Gasteiger partial charge in [0.25, 0.3) is 0 Å². The van der Waals surface area contributed by atoms with Crippen molar-refractivity contribution in [2.45, 2.75) is 77.6 Å². The minimum atomic E-state index is -0.991. The van der Waals surface area contributed by atoms with Crippen LogP contribution in [0.3, 0.4) is 0 Å². The molecule has 0 aromatic heterocycles. The van der Waals surface area contributed by atoms with E-state index in [-0.39, 0.29) is 49.8 Å². The largest absolute Gasteiger partial charge is 0.494 e. The number of ether oxygens (including phenoxy) is 1. The molecule has 0 bridgehead atoms. The highest BCUT2D eigenvalue weighted by atomic mass is 16.5. The standard InChI is InChI=1S/C31H48N4O6/c1-21(2)29(35-28(38)11-8-18-41-25-14-12-22(3)13-15-25)31(40)34-23(4)27(37)20-33-26(30(39)32-16-17-36)19-24-9-6-5-7-10-24/h5-7,9-10,12,14-15,21-23,26-27,29,33,36-37H,8,11,13,16-20H2,1-4H3,(H,32,39)(H,34,40)(H,35,38)/t22?,23-,26?,27?,29?/m0/s1. The molecule has 0 aliphatic heterocycles. The van der Waals surface area contributed by atoms with Gasteiger partial charge in [0.05, 0.1) is 31.4 Å². The molecule has 6 N–H and O–H groups in total. The maximum absolute atomic E-state index is 13.0. The minimum Gasteiger partial charge on any atom is -0.494 e. The van der Waals surface area contributed by atoms with Gasteiger partial charge in [-0.05, 0) is 55.7 Å². The fourth-order valence-electron chi connectivity index (χ4n) is 4.28. The van der Waals surface area contributed by atoms with Crippen LogP contribution in [-0.2, 0) is 25.5 Å². The van der Waals surface area contributed by atoms with Crippen LogP contribution in [-0.4, -0.2) is 78.5 Å². The summed E-state index contributed by atoms with van der Waals surface area (Å²) in [7, 11) is 0. The topological polar surface area (TPSA) is 149 Å². The average molecular weight is 573 g/mol. The van der Waals surface area contributed by atoms with Gasteiger partial charge in [0.1, 0.15) is 11.8 Å². The zero-order valence-corrected chi connectivity index (χ0v) is 24.8. The van der Waals surface area contributed by atoms with E-state index in [0.717, 1.165) is 17.7 Å². The minimum absolute atomic E-state index is 0.0503. The van der Waals surface area contributed by atoms with Gasteiger partial charge in [0, 0.05) is 19.5 Å². The van der Waals surface area contributed by atoms with Gasteiger partial charge < -0.3 is 36.2 Å². The van der Waals surface area contributed by atoms with Crippen LogP contribution >= 0.6 is 0 Å². The highest BCUT2D eigenvalue weighted by molar-refractivity contribution is 5.88. The zero-order chi connectivity index (χ0) is 30.2. The van der Waals surface area contributed by atoms with E-state index in [1.165, 1.54) is 0 Å². The molecule has 0 fully saturated rings. The van der Waals surface area contributed by atoms with Gasteiger partial charge in [-0.25, -0.2) is 0 Å². The number of aliphatic hydroxyl groups excluding tert-OH is 2. The second-order valence-corrected chi connectivity index (χ2v) is 10.9. The summed E-state index contributed by atoms with van der Waals surface area (Å²) in [6.07, 6.45) is 7.19. The summed E-state index contributed by atoms with van der Waals surface area (Å²) in [5.41, 5.74) is 0.944. The molecule has 0 heterocycles. The Morgan fingerprint density at radius 3 is 2.44 bits per heavy atom. The molecule has 0 saturated heterocycles. The van der Waals surface area contributed by atoms with Crippen LogP contribution in [0.4, 0.5) is 0 Å². The van der Waals surface area contributed by atoms with E-state index in [2.05, 4.69) is 34.3 Å². The number of aliphatic hydroxyl groups is 2. The highest BCUT2D eigenvalue weighted by Gasteiger charge is 2.28. The van der Waals surface area contributed by atoms with E-state index >= 15 is 0 Å². The van der Waals surface area contributed by atoms with Gasteiger partial charge >= 0.3 is 0 Å². The lowest BCUT2D eigenvalue weighted by atomic mass is 10.0. The maximum atomic E-state index is 13.0. The normalized spacial score (nSPS) is 17.6. The summed E-state index contributed by atoms with van der Waals surface area (Å²) in [5, 5.41) is 31.2. The molecule has 1 aromatic carbocycles. The predicted octanol–water partition coefficient (Wildman–Crippen LogP) is 1.58. The number of benzene rings is 1. The number of hydrogen-bond acceptors (Lipinski definition) is 7. The van der Waals surface area contributed by atoms with E-state index in [1.54, 1.807) is 6.92 Å². The Morgan fingerprint density at radius 2 is 1.80 bits per heavy atom. The molecule has 0 spiro atoms. The lowest BCUT2D eigenvalue weighted by Crippen LogP contribution is -2.56. The first-order valence-corrected chi connectivity index (χ1v) is 14.6. The monoisotopic (exact) mass is 572 g/mol. The summed E-state index contributed by atoms with van der Waals surface area (Å²) in [6.45, 7) is 7.92. The van der Waals surface area contributed by atoms with Crippen molar-refractivity contribution in [3.63, 3.8) is 0 Å². The molecule has 4 unspecified atom stereocenters. The first kappa shape index (κ1) is 34.0. The smallest absolute Gasteiger partial charge is 0.243 e. The number of nitrogens with one attached hydrogen (secondary N) is 4. The number of rotatable bonds is 18. The number of allylic oxidation sites excluding steroid dienone is 3. The van der Waals surface area contributed by atoms with Crippen molar-refractivity contribution in [1.29, 1.82) is 0 Å². The Labute approximate surface area is 244 Å². The molecule has 10 nitrogen and oxygen atoms in total. The van der Waals surface area contributed by atoms with Crippen LogP contribution < -0.4 is 21.3 Å². The van der Waals surface area contributed by atoms with Crippen molar-refractivity contribution in [3.05, 3.63) is 59.9 Å². The molecule has 10 heteroatoms. The molecule has 2 rings (SSSR count). The van der Waals surface area contributed by atoms with Crippen LogP contribution in [0.5, 0.6) is 0 Å². The molecule has 3 amide bonds. The van der Waals surface area contributed by atoms with Crippen molar-refractivity contribution >= 4 is 17.7 Å². The summed E-state index contributed by atoms with van der Waals surface area (Å²) in [6, 6.07) is 7.44. The molecule has 1 aliphatic carbocycles. The van der Waals surface area contributed by atoms with Gasteiger partial charge in [-0.2, -0.15) is 0 Å². The van der Waals surface area contributed by atoms with Crippen molar-refractivity contribution in [2.24, 2.45) is 11.8 Å². The number of carbonyl (C=O) groups excluding carboxylic acids is 3. The fraction of sp³-hybridized carbons (Fsp3) is 0.581. The second-order valence-electron chi connectivity index (χ2n) is 10.9. The van der Waals surface area contributed by atoms with E-state index in [9.17, 15) is 19.5 Å². The summed E-state index contributed by atoms with van der Waals surface area (Å²) in [4.78, 5) is 38.2. The fourth-order valence-corrected chi connectivity index (χ4v) is 4.28. The summed E-state index contributed by atoms with van der Waals surface area (Å²) in [5.74, 6) is 0.250. The Morgan fingerprint density at radius 1 is 1.07 bits per heavy atom. The molecule has 1 aliphatic rings. The first-order valence-electron chi connectivity index (χ1n) is 14.6. The van der Waals surface area contributed by atoms with E-state index < -0.39 is 24.2 Å². The Kier molecular flexibility index (Phi) is 15.1.